The molecule has 4 N–H and O–H groups in total. The molecule has 2 aliphatic heterocycles. The predicted octanol–water partition coefficient (Wildman–Crippen LogP) is 2.68. The summed E-state index contributed by atoms with van der Waals surface area (Å²) in [6.45, 7) is 3.50. The molecule has 1 aromatic carbocycles. The van der Waals surface area contributed by atoms with Gasteiger partial charge in [0.05, 0.1) is 0 Å². The van der Waals surface area contributed by atoms with Gasteiger partial charge in [-0.25, -0.2) is 9.59 Å². The first-order chi connectivity index (χ1) is 17.1. The van der Waals surface area contributed by atoms with E-state index in [-0.39, 0.29) is 5.75 Å². The Balaban J connectivity index is 1.47. The average Bonchev–Trinajstić information content (AvgIpc) is 3.06. The molecule has 2 heterocycles. The van der Waals surface area contributed by atoms with E-state index in [0.29, 0.717) is 12.0 Å². The highest BCUT2D eigenvalue weighted by Crippen LogP contribution is 2.50. The van der Waals surface area contributed by atoms with Gasteiger partial charge in [-0.05, 0) is 63.3 Å². The fourth-order valence-corrected chi connectivity index (χ4v) is 6.49. The van der Waals surface area contributed by atoms with Crippen LogP contribution >= 0.6 is 11.8 Å². The highest BCUT2D eigenvalue weighted by molar-refractivity contribution is 8.01. The number of carboxylic acids is 1. The maximum absolute atomic E-state index is 13.3. The Hall–Kier alpha value is -3.21. The third kappa shape index (κ3) is 5.30. The highest BCUT2D eigenvalue weighted by Gasteiger charge is 2.64. The van der Waals surface area contributed by atoms with Gasteiger partial charge in [0.2, 0.25) is 11.8 Å². The second-order valence-corrected chi connectivity index (χ2v) is 11.5. The number of hydrogen-bond acceptors (Lipinski definition) is 7. The van der Waals surface area contributed by atoms with Crippen LogP contribution in [0.15, 0.2) is 36.4 Å². The number of rotatable bonds is 6. The monoisotopic (exact) mass is 517 g/mol. The standard InChI is InChI=1S/C25H31N3O7S/c1-25(2)19(23(32)33)28-21(31)18(22(28)36-25)26-20(30)17(14-10-12-15(29)13-11-14)27-24(34)35-16-8-6-4-3-5-7-9-16/h6,8,10-13,16-19,22,29H,3-5,7,9H2,1-2H3,(H,26,30)(H,27,34)(H,32,33). The highest BCUT2D eigenvalue weighted by atomic mass is 32.2. The second-order valence-electron chi connectivity index (χ2n) is 9.76. The third-order valence-corrected chi connectivity index (χ3v) is 8.26. The molecule has 0 spiro atoms. The van der Waals surface area contributed by atoms with Crippen molar-refractivity contribution in [2.45, 2.75) is 80.3 Å². The van der Waals surface area contributed by atoms with Crippen LogP contribution in [0, 0.1) is 0 Å². The summed E-state index contributed by atoms with van der Waals surface area (Å²) < 4.78 is 4.82. The van der Waals surface area contributed by atoms with Crippen molar-refractivity contribution in [2.24, 2.45) is 0 Å². The van der Waals surface area contributed by atoms with Crippen molar-refractivity contribution < 1.29 is 34.1 Å². The first-order valence-electron chi connectivity index (χ1n) is 12.0. The van der Waals surface area contributed by atoms with Crippen LogP contribution in [0.1, 0.15) is 57.6 Å². The van der Waals surface area contributed by atoms with Crippen molar-refractivity contribution in [3.05, 3.63) is 42.0 Å². The number of nitrogens with one attached hydrogen (secondary N) is 2. The summed E-state index contributed by atoms with van der Waals surface area (Å²) in [6.07, 6.45) is 7.35. The van der Waals surface area contributed by atoms with Crippen molar-refractivity contribution in [1.82, 2.24) is 15.5 Å². The molecule has 5 unspecified atom stereocenters. The summed E-state index contributed by atoms with van der Waals surface area (Å²) in [6, 6.07) is 2.68. The minimum atomic E-state index is -1.19. The second kappa shape index (κ2) is 10.4. The maximum atomic E-state index is 13.3. The molecular formula is C25H31N3O7S. The number of aromatic hydroxyl groups is 1. The fraction of sp³-hybridized carbons (Fsp3) is 0.520. The number of phenolic OH excluding ortho intramolecular Hbond substituents is 1. The molecule has 4 rings (SSSR count). The van der Waals surface area contributed by atoms with E-state index in [4.69, 9.17) is 4.74 Å². The lowest BCUT2D eigenvalue weighted by Crippen LogP contribution is -2.71. The van der Waals surface area contributed by atoms with Gasteiger partial charge in [-0.3, -0.25) is 9.59 Å². The third-order valence-electron chi connectivity index (χ3n) is 6.69. The van der Waals surface area contributed by atoms with Gasteiger partial charge in [0.15, 0.2) is 0 Å². The lowest BCUT2D eigenvalue weighted by atomic mass is 9.95. The number of β-lactam (4-membered cyclic amide) rings is 1. The lowest BCUT2D eigenvalue weighted by Gasteiger charge is -2.44. The molecule has 3 aliphatic rings. The van der Waals surface area contributed by atoms with E-state index in [1.54, 1.807) is 13.8 Å². The number of hydrogen-bond donors (Lipinski definition) is 4. The van der Waals surface area contributed by atoms with E-state index in [1.807, 2.05) is 12.2 Å². The van der Waals surface area contributed by atoms with E-state index < -0.39 is 58.2 Å². The van der Waals surface area contributed by atoms with Crippen molar-refractivity contribution in [2.75, 3.05) is 0 Å². The molecule has 2 saturated heterocycles. The lowest BCUT2D eigenvalue weighted by molar-refractivity contribution is -0.161. The molecule has 10 nitrogen and oxygen atoms in total. The number of ether oxygens (including phenoxy) is 1. The topological polar surface area (TPSA) is 145 Å². The smallest absolute Gasteiger partial charge is 0.408 e. The van der Waals surface area contributed by atoms with Gasteiger partial charge in [0.25, 0.3) is 0 Å². The number of thioether (sulfide) groups is 1. The molecule has 36 heavy (non-hydrogen) atoms. The van der Waals surface area contributed by atoms with Gasteiger partial charge >= 0.3 is 12.1 Å². The number of allylic oxidation sites excluding steroid dienone is 1. The quantitative estimate of drug-likeness (QED) is 0.333. The molecule has 1 aliphatic carbocycles. The van der Waals surface area contributed by atoms with Crippen LogP contribution in [0.25, 0.3) is 0 Å². The predicted molar refractivity (Wildman–Crippen MR) is 132 cm³/mol. The molecule has 5 atom stereocenters. The Morgan fingerprint density at radius 2 is 1.89 bits per heavy atom. The van der Waals surface area contributed by atoms with Crippen molar-refractivity contribution in [1.29, 1.82) is 0 Å². The number of carboxylic acid groups (broad SMARTS) is 1. The molecule has 2 fully saturated rings. The summed E-state index contributed by atoms with van der Waals surface area (Å²) in [5, 5.41) is 24.0. The van der Waals surface area contributed by atoms with Crippen LogP contribution in [0.5, 0.6) is 5.75 Å². The largest absolute Gasteiger partial charge is 0.508 e. The maximum Gasteiger partial charge on any atom is 0.408 e. The van der Waals surface area contributed by atoms with E-state index in [0.717, 1.165) is 25.7 Å². The van der Waals surface area contributed by atoms with Crippen LogP contribution in [0.3, 0.4) is 0 Å². The van der Waals surface area contributed by atoms with E-state index >= 15 is 0 Å². The number of carbonyl (C=O) groups excluding carboxylic acids is 3. The first kappa shape index (κ1) is 25.9. The number of phenols is 1. The molecule has 11 heteroatoms. The Morgan fingerprint density at radius 1 is 1.17 bits per heavy atom. The summed E-state index contributed by atoms with van der Waals surface area (Å²) in [5.74, 6) is -2.22. The fourth-order valence-electron chi connectivity index (χ4n) is 4.87. The Labute approximate surface area is 213 Å². The normalized spacial score (nSPS) is 27.6. The molecule has 0 saturated carbocycles. The van der Waals surface area contributed by atoms with Gasteiger partial charge in [-0.15, -0.1) is 11.8 Å². The number of nitrogens with zero attached hydrogens (tertiary/aromatic N) is 1. The van der Waals surface area contributed by atoms with Crippen LogP contribution in [-0.2, 0) is 19.1 Å². The van der Waals surface area contributed by atoms with Gasteiger partial charge in [0.1, 0.15) is 35.4 Å². The van der Waals surface area contributed by atoms with E-state index in [9.17, 15) is 29.4 Å². The molecule has 0 bridgehead atoms. The van der Waals surface area contributed by atoms with Gasteiger partial charge in [0, 0.05) is 4.75 Å². The Bertz CT molecular complexity index is 1060. The molecule has 194 valence electrons. The van der Waals surface area contributed by atoms with Crippen molar-refractivity contribution in [3.63, 3.8) is 0 Å². The van der Waals surface area contributed by atoms with E-state index in [1.165, 1.54) is 40.9 Å². The van der Waals surface area contributed by atoms with Crippen LogP contribution in [0.2, 0.25) is 0 Å². The van der Waals surface area contributed by atoms with Gasteiger partial charge in [-0.2, -0.15) is 0 Å². The van der Waals surface area contributed by atoms with Gasteiger partial charge in [-0.1, -0.05) is 24.6 Å². The van der Waals surface area contributed by atoms with Gasteiger partial charge < -0.3 is 30.5 Å². The Morgan fingerprint density at radius 3 is 2.58 bits per heavy atom. The molecule has 0 radical (unpaired) electrons. The van der Waals surface area contributed by atoms with Crippen LogP contribution in [-0.4, -0.2) is 67.3 Å². The number of carbonyl (C=O) groups is 4. The van der Waals surface area contributed by atoms with Crippen LogP contribution < -0.4 is 10.6 Å². The number of amides is 3. The summed E-state index contributed by atoms with van der Waals surface area (Å²) >= 11 is 1.32. The van der Waals surface area contributed by atoms with Crippen molar-refractivity contribution in [3.8, 4) is 5.75 Å². The zero-order chi connectivity index (χ0) is 26.0. The first-order valence-corrected chi connectivity index (χ1v) is 12.9. The minimum absolute atomic E-state index is 0.00532. The number of alkyl carbamates (subject to hydrolysis) is 1. The SMILES string of the molecule is CC1(C)SC2C(NC(=O)C(NC(=O)OC3C=CCCCCC3)c3ccc(O)cc3)C(=O)N2C1C(=O)O. The summed E-state index contributed by atoms with van der Waals surface area (Å²) in [5.41, 5.74) is 0.391. The average molecular weight is 518 g/mol. The molecule has 3 amide bonds. The number of fused-ring (bicyclic) bond motifs is 1. The van der Waals surface area contributed by atoms with E-state index in [2.05, 4.69) is 10.6 Å². The zero-order valence-electron chi connectivity index (χ0n) is 20.2. The summed E-state index contributed by atoms with van der Waals surface area (Å²) in [4.78, 5) is 51.9. The van der Waals surface area contributed by atoms with Crippen LogP contribution in [0.4, 0.5) is 4.79 Å². The minimum Gasteiger partial charge on any atom is -0.508 e. The molecular weight excluding hydrogens is 486 g/mol. The molecule has 1 aromatic rings. The number of aliphatic carboxylic acids is 1. The Kier molecular flexibility index (Phi) is 7.49. The summed E-state index contributed by atoms with van der Waals surface area (Å²) in [7, 11) is 0. The number of benzene rings is 1. The molecule has 0 aromatic heterocycles. The van der Waals surface area contributed by atoms with Crippen molar-refractivity contribution >= 4 is 35.6 Å². The zero-order valence-corrected chi connectivity index (χ0v) is 21.0.